The molecule has 0 spiro atoms. The fourth-order valence-electron chi connectivity index (χ4n) is 2.11. The molecule has 1 aromatic rings. The lowest BCUT2D eigenvalue weighted by molar-refractivity contribution is 0.162. The Kier molecular flexibility index (Phi) is 6.13. The predicted molar refractivity (Wildman–Crippen MR) is 79.7 cm³/mol. The fraction of sp³-hybridized carbons (Fsp3) is 0.571. The first-order valence-corrected chi connectivity index (χ1v) is 8.29. The molecule has 20 heavy (non-hydrogen) atoms. The Morgan fingerprint density at radius 2 is 1.75 bits per heavy atom. The minimum absolute atomic E-state index is 0.112. The molecule has 4 N–H and O–H groups in total. The first-order valence-electron chi connectivity index (χ1n) is 6.74. The first-order chi connectivity index (χ1) is 9.20. The van der Waals surface area contributed by atoms with E-state index in [1.807, 2.05) is 6.92 Å². The summed E-state index contributed by atoms with van der Waals surface area (Å²) in [5, 5.41) is 17.7. The molecule has 0 aliphatic rings. The van der Waals surface area contributed by atoms with Gasteiger partial charge in [0, 0.05) is 6.04 Å². The highest BCUT2D eigenvalue weighted by molar-refractivity contribution is 7.89. The van der Waals surface area contributed by atoms with Crippen molar-refractivity contribution in [3.8, 4) is 0 Å². The predicted octanol–water partition coefficient (Wildman–Crippen LogP) is 1.39. The number of sulfonamides is 1. The minimum atomic E-state index is -3.63. The van der Waals surface area contributed by atoms with Crippen LogP contribution in [0.5, 0.6) is 0 Å². The third kappa shape index (κ3) is 5.58. The molecule has 6 heteroatoms. The number of primary sulfonamides is 1. The highest BCUT2D eigenvalue weighted by Crippen LogP contribution is 2.16. The van der Waals surface area contributed by atoms with Crippen molar-refractivity contribution >= 4 is 10.0 Å². The van der Waals surface area contributed by atoms with Crippen LogP contribution in [0.4, 0.5) is 0 Å². The molecule has 0 aliphatic carbocycles. The van der Waals surface area contributed by atoms with Gasteiger partial charge in [-0.3, -0.25) is 0 Å². The van der Waals surface area contributed by atoms with Crippen LogP contribution in [0.3, 0.4) is 0 Å². The van der Waals surface area contributed by atoms with Crippen LogP contribution in [-0.4, -0.2) is 26.2 Å². The maximum atomic E-state index is 11.2. The van der Waals surface area contributed by atoms with E-state index in [2.05, 4.69) is 12.2 Å². The summed E-state index contributed by atoms with van der Waals surface area (Å²) in [6.07, 6.45) is 0.459. The van der Waals surface area contributed by atoms with Crippen molar-refractivity contribution in [3.05, 3.63) is 29.8 Å². The number of benzene rings is 1. The van der Waals surface area contributed by atoms with E-state index in [9.17, 15) is 13.5 Å². The Bertz CT molecular complexity index is 512. The monoisotopic (exact) mass is 300 g/mol. The normalized spacial score (nSPS) is 16.6. The summed E-state index contributed by atoms with van der Waals surface area (Å²) in [5.41, 5.74) is 1.00. The minimum Gasteiger partial charge on any atom is -0.393 e. The van der Waals surface area contributed by atoms with Gasteiger partial charge >= 0.3 is 0 Å². The van der Waals surface area contributed by atoms with Gasteiger partial charge < -0.3 is 10.4 Å². The van der Waals surface area contributed by atoms with E-state index in [1.54, 1.807) is 19.1 Å². The number of nitrogens with two attached hydrogens (primary N) is 1. The molecule has 0 amide bonds. The average molecular weight is 300 g/mol. The van der Waals surface area contributed by atoms with Gasteiger partial charge in [0.2, 0.25) is 10.0 Å². The number of hydrogen-bond donors (Lipinski definition) is 3. The average Bonchev–Trinajstić information content (AvgIpc) is 2.34. The van der Waals surface area contributed by atoms with Crippen molar-refractivity contribution in [2.75, 3.05) is 6.54 Å². The van der Waals surface area contributed by atoms with Gasteiger partial charge in [-0.15, -0.1) is 0 Å². The highest BCUT2D eigenvalue weighted by Gasteiger charge is 2.11. The van der Waals surface area contributed by atoms with Gasteiger partial charge in [-0.2, -0.15) is 0 Å². The van der Waals surface area contributed by atoms with E-state index in [1.165, 1.54) is 12.1 Å². The molecule has 0 radical (unpaired) electrons. The third-order valence-electron chi connectivity index (χ3n) is 3.22. The first kappa shape index (κ1) is 17.1. The number of rotatable bonds is 7. The molecule has 0 aromatic heterocycles. The molecule has 0 bridgehead atoms. The van der Waals surface area contributed by atoms with Crippen molar-refractivity contribution in [2.24, 2.45) is 11.1 Å². The molecule has 0 aliphatic heterocycles. The maximum absolute atomic E-state index is 11.2. The number of hydrogen-bond acceptors (Lipinski definition) is 4. The van der Waals surface area contributed by atoms with E-state index < -0.39 is 10.0 Å². The number of aliphatic hydroxyl groups is 1. The fourth-order valence-corrected chi connectivity index (χ4v) is 2.62. The summed E-state index contributed by atoms with van der Waals surface area (Å²) in [5.74, 6) is 0.376. The van der Waals surface area contributed by atoms with E-state index in [0.717, 1.165) is 18.5 Å². The lowest BCUT2D eigenvalue weighted by atomic mass is 10.0. The summed E-state index contributed by atoms with van der Waals surface area (Å²) in [6.45, 7) is 6.67. The summed E-state index contributed by atoms with van der Waals surface area (Å²) in [7, 11) is -3.63. The Balaban J connectivity index is 2.58. The van der Waals surface area contributed by atoms with Crippen molar-refractivity contribution in [2.45, 2.75) is 44.2 Å². The van der Waals surface area contributed by atoms with Crippen LogP contribution in [0.15, 0.2) is 29.2 Å². The van der Waals surface area contributed by atoms with E-state index in [-0.39, 0.29) is 17.0 Å². The molecule has 0 fully saturated rings. The Morgan fingerprint density at radius 3 is 2.20 bits per heavy atom. The summed E-state index contributed by atoms with van der Waals surface area (Å²) in [4.78, 5) is 0.121. The van der Waals surface area contributed by atoms with E-state index in [0.29, 0.717) is 5.92 Å². The molecule has 0 saturated carbocycles. The van der Waals surface area contributed by atoms with Crippen molar-refractivity contribution in [1.29, 1.82) is 0 Å². The number of aliphatic hydroxyl groups excluding tert-OH is 1. The van der Waals surface area contributed by atoms with Gasteiger partial charge in [0.05, 0.1) is 11.0 Å². The van der Waals surface area contributed by atoms with Gasteiger partial charge in [-0.1, -0.05) is 19.1 Å². The molecule has 5 nitrogen and oxygen atoms in total. The van der Waals surface area contributed by atoms with Crippen LogP contribution in [0, 0.1) is 5.92 Å². The SMILES string of the molecule is CC(O)CC(C)CNC(C)c1ccc(S(N)(=O)=O)cc1. The van der Waals surface area contributed by atoms with Gasteiger partial charge in [0.1, 0.15) is 0 Å². The maximum Gasteiger partial charge on any atom is 0.238 e. The molecule has 3 atom stereocenters. The summed E-state index contributed by atoms with van der Waals surface area (Å²) in [6, 6.07) is 6.67. The van der Waals surface area contributed by atoms with E-state index >= 15 is 0 Å². The molecular weight excluding hydrogens is 276 g/mol. The zero-order valence-corrected chi connectivity index (χ0v) is 13.0. The molecule has 0 saturated heterocycles. The third-order valence-corrected chi connectivity index (χ3v) is 4.15. The molecule has 3 unspecified atom stereocenters. The summed E-state index contributed by atoms with van der Waals surface area (Å²) >= 11 is 0. The molecule has 1 aromatic carbocycles. The van der Waals surface area contributed by atoms with Crippen LogP contribution in [0.2, 0.25) is 0 Å². The lowest BCUT2D eigenvalue weighted by Gasteiger charge is -2.19. The second-order valence-electron chi connectivity index (χ2n) is 5.43. The van der Waals surface area contributed by atoms with E-state index in [4.69, 9.17) is 5.14 Å². The molecular formula is C14H24N2O3S. The van der Waals surface area contributed by atoms with Crippen molar-refractivity contribution in [1.82, 2.24) is 5.32 Å². The van der Waals surface area contributed by atoms with Gasteiger partial charge in [0.15, 0.2) is 0 Å². The Hall–Kier alpha value is -0.950. The Morgan fingerprint density at radius 1 is 1.20 bits per heavy atom. The standard InChI is InChI=1S/C14H24N2O3S/c1-10(8-11(2)17)9-16-12(3)13-4-6-14(7-5-13)20(15,18)19/h4-7,10-12,16-17H,8-9H2,1-3H3,(H2,15,18,19). The second-order valence-corrected chi connectivity index (χ2v) is 7.00. The zero-order valence-electron chi connectivity index (χ0n) is 12.2. The van der Waals surface area contributed by atoms with Gasteiger partial charge in [0.25, 0.3) is 0 Å². The molecule has 0 heterocycles. The van der Waals surface area contributed by atoms with Crippen molar-refractivity contribution in [3.63, 3.8) is 0 Å². The van der Waals surface area contributed by atoms with Crippen LogP contribution < -0.4 is 10.5 Å². The zero-order chi connectivity index (χ0) is 15.3. The topological polar surface area (TPSA) is 92.4 Å². The lowest BCUT2D eigenvalue weighted by Crippen LogP contribution is -2.26. The van der Waals surface area contributed by atoms with Crippen LogP contribution >= 0.6 is 0 Å². The summed E-state index contributed by atoms with van der Waals surface area (Å²) < 4.78 is 22.3. The molecule has 114 valence electrons. The van der Waals surface area contributed by atoms with Gasteiger partial charge in [-0.05, 0) is 50.4 Å². The largest absolute Gasteiger partial charge is 0.393 e. The Labute approximate surface area is 121 Å². The molecule has 1 rings (SSSR count). The smallest absolute Gasteiger partial charge is 0.238 e. The van der Waals surface area contributed by atoms with Crippen LogP contribution in [-0.2, 0) is 10.0 Å². The van der Waals surface area contributed by atoms with Crippen LogP contribution in [0.1, 0.15) is 38.8 Å². The second kappa shape index (κ2) is 7.17. The van der Waals surface area contributed by atoms with Gasteiger partial charge in [-0.25, -0.2) is 13.6 Å². The highest BCUT2D eigenvalue weighted by atomic mass is 32.2. The van der Waals surface area contributed by atoms with Crippen molar-refractivity contribution < 1.29 is 13.5 Å². The quantitative estimate of drug-likeness (QED) is 0.709. The number of nitrogens with one attached hydrogen (secondary N) is 1. The van der Waals surface area contributed by atoms with Crippen LogP contribution in [0.25, 0.3) is 0 Å².